The molecule has 4 aliphatic rings. The summed E-state index contributed by atoms with van der Waals surface area (Å²) in [6.45, 7) is 2.19. The zero-order valence-electron chi connectivity index (χ0n) is 41.6. The smallest absolute Gasteiger partial charge is 0.407 e. The van der Waals surface area contributed by atoms with Crippen LogP contribution in [0.1, 0.15) is 103 Å². The van der Waals surface area contributed by atoms with Crippen molar-refractivity contribution in [1.82, 2.24) is 25.1 Å². The average Bonchev–Trinajstić information content (AvgIpc) is 4.01. The number of carbonyl (C=O) groups is 6. The third-order valence-electron chi connectivity index (χ3n) is 15.3. The number of aromatic nitrogens is 2. The summed E-state index contributed by atoms with van der Waals surface area (Å²) in [5.41, 5.74) is 16.8. The third kappa shape index (κ3) is 9.97. The maximum absolute atomic E-state index is 14.5. The molecule has 5 aromatic carbocycles. The Bertz CT molecular complexity index is 3190. The lowest BCUT2D eigenvalue weighted by Crippen LogP contribution is -2.56. The molecule has 1 aliphatic carbocycles. The first kappa shape index (κ1) is 49.7. The maximum Gasteiger partial charge on any atom is 0.407 e. The number of unbranched alkanes of at least 4 members (excludes halogenated alkanes) is 1. The van der Waals surface area contributed by atoms with E-state index < -0.39 is 60.0 Å². The number of anilines is 1. The van der Waals surface area contributed by atoms with Crippen molar-refractivity contribution in [1.29, 1.82) is 0 Å². The van der Waals surface area contributed by atoms with Crippen molar-refractivity contribution in [2.24, 2.45) is 12.8 Å². The number of imide groups is 1. The number of nitrogens with one attached hydrogen (secondary N) is 3. The summed E-state index contributed by atoms with van der Waals surface area (Å²) in [5.74, 6) is -2.24. The summed E-state index contributed by atoms with van der Waals surface area (Å²) in [4.78, 5) is 94.0. The third-order valence-corrected chi connectivity index (χ3v) is 15.3. The number of carbonyl (C=O) groups excluding carboxylic acids is 6. The quantitative estimate of drug-likeness (QED) is 0.0557. The number of alkyl carbamates (subject to hydrolysis) is 1. The first-order chi connectivity index (χ1) is 35.8. The van der Waals surface area contributed by atoms with Crippen LogP contribution >= 0.6 is 0 Å². The van der Waals surface area contributed by atoms with Gasteiger partial charge in [0.05, 0.1) is 35.5 Å². The van der Waals surface area contributed by atoms with Crippen LogP contribution in [0, 0.1) is 0 Å². The second-order valence-electron chi connectivity index (χ2n) is 20.0. The molecule has 5 atom stereocenters. The number of para-hydroxylation sites is 2. The molecular weight excluding hydrogens is 939 g/mol. The van der Waals surface area contributed by atoms with Gasteiger partial charge >= 0.3 is 11.8 Å². The van der Waals surface area contributed by atoms with Gasteiger partial charge in [-0.3, -0.25) is 43.3 Å². The number of imidazole rings is 1. The highest BCUT2D eigenvalue weighted by molar-refractivity contribution is 6.07. The van der Waals surface area contributed by atoms with Crippen LogP contribution in [0.3, 0.4) is 0 Å². The number of hydrogen-bond donors (Lipinski definition) is 4. The van der Waals surface area contributed by atoms with Gasteiger partial charge in [-0.25, -0.2) is 9.59 Å². The van der Waals surface area contributed by atoms with Gasteiger partial charge in [-0.05, 0) is 114 Å². The van der Waals surface area contributed by atoms with Crippen LogP contribution in [0.4, 0.5) is 10.5 Å². The molecule has 3 aliphatic heterocycles. The molecule has 1 fully saturated rings. The number of rotatable bonds is 18. The molecule has 382 valence electrons. The van der Waals surface area contributed by atoms with E-state index in [2.05, 4.69) is 40.2 Å². The van der Waals surface area contributed by atoms with Gasteiger partial charge < -0.3 is 25.8 Å². The van der Waals surface area contributed by atoms with E-state index in [4.69, 9.17) is 15.2 Å². The Labute approximate surface area is 428 Å². The summed E-state index contributed by atoms with van der Waals surface area (Å²) in [6.07, 6.45) is 3.93. The molecule has 0 spiro atoms. The van der Waals surface area contributed by atoms with E-state index in [-0.39, 0.29) is 62.8 Å². The molecule has 6 amide bonds. The molecule has 0 radical (unpaired) electrons. The minimum atomic E-state index is -0.939. The number of nitrogens with zero attached hydrogens (tertiary/aromatic N) is 3. The summed E-state index contributed by atoms with van der Waals surface area (Å²) in [5, 5.41) is 8.33. The Morgan fingerprint density at radius 2 is 1.49 bits per heavy atom. The maximum atomic E-state index is 14.5. The average molecular weight is 1000 g/mol. The Morgan fingerprint density at radius 1 is 0.797 bits per heavy atom. The van der Waals surface area contributed by atoms with Crippen LogP contribution in [0.15, 0.2) is 114 Å². The lowest BCUT2D eigenvalue weighted by Gasteiger charge is -2.31. The van der Waals surface area contributed by atoms with Gasteiger partial charge in [-0.2, -0.15) is 0 Å². The number of piperidine rings is 1. The van der Waals surface area contributed by atoms with Gasteiger partial charge in [0.25, 0.3) is 0 Å². The van der Waals surface area contributed by atoms with Crippen molar-refractivity contribution in [3.63, 3.8) is 0 Å². The van der Waals surface area contributed by atoms with Crippen LogP contribution in [0.2, 0.25) is 0 Å². The summed E-state index contributed by atoms with van der Waals surface area (Å²) >= 11 is 0. The molecule has 1 unspecified atom stereocenters. The van der Waals surface area contributed by atoms with Crippen molar-refractivity contribution >= 4 is 52.3 Å². The molecule has 10 rings (SSSR count). The Morgan fingerprint density at radius 3 is 2.22 bits per heavy atom. The van der Waals surface area contributed by atoms with Crippen molar-refractivity contribution in [3.05, 3.63) is 159 Å². The van der Waals surface area contributed by atoms with Crippen LogP contribution in [-0.2, 0) is 72.8 Å². The largest absolute Gasteiger partial charge is 0.449 e. The fourth-order valence-corrected chi connectivity index (χ4v) is 11.5. The van der Waals surface area contributed by atoms with E-state index in [0.29, 0.717) is 24.0 Å². The zero-order valence-corrected chi connectivity index (χ0v) is 41.6. The van der Waals surface area contributed by atoms with Gasteiger partial charge in [-0.1, -0.05) is 103 Å². The van der Waals surface area contributed by atoms with E-state index in [1.165, 1.54) is 9.47 Å². The number of primary amides is 1. The fourth-order valence-electron chi connectivity index (χ4n) is 11.5. The Balaban J connectivity index is 0.740. The van der Waals surface area contributed by atoms with Gasteiger partial charge in [0.15, 0.2) is 0 Å². The number of amides is 6. The predicted octanol–water partition coefficient (Wildman–Crippen LogP) is 6.35. The van der Waals surface area contributed by atoms with Gasteiger partial charge in [0, 0.05) is 32.2 Å². The predicted molar refractivity (Wildman–Crippen MR) is 278 cm³/mol. The summed E-state index contributed by atoms with van der Waals surface area (Å²) < 4.78 is 15.3. The van der Waals surface area contributed by atoms with Gasteiger partial charge in [0.1, 0.15) is 24.7 Å². The molecule has 1 aromatic heterocycles. The lowest BCUT2D eigenvalue weighted by molar-refractivity contribution is -0.135. The van der Waals surface area contributed by atoms with Gasteiger partial charge in [-0.15, -0.1) is 0 Å². The molecule has 5 N–H and O–H groups in total. The topological polar surface area (TPSA) is 213 Å². The van der Waals surface area contributed by atoms with Crippen LogP contribution in [0.5, 0.6) is 0 Å². The van der Waals surface area contributed by atoms with Crippen molar-refractivity contribution in [2.45, 2.75) is 120 Å². The fraction of sp³-hybridized carbons (Fsp3) is 0.362. The highest BCUT2D eigenvalue weighted by Gasteiger charge is 2.45. The van der Waals surface area contributed by atoms with E-state index in [0.717, 1.165) is 81.3 Å². The van der Waals surface area contributed by atoms with Crippen LogP contribution < -0.4 is 32.3 Å². The lowest BCUT2D eigenvalue weighted by atomic mass is 9.98. The number of fused-ring (bicyclic) bond motifs is 4. The van der Waals surface area contributed by atoms with Crippen molar-refractivity contribution in [2.75, 3.05) is 11.5 Å². The number of aryl methyl sites for hydroxylation is 4. The first-order valence-electron chi connectivity index (χ1n) is 25.7. The van der Waals surface area contributed by atoms with E-state index in [1.807, 2.05) is 91.9 Å². The Kier molecular flexibility index (Phi) is 14.3. The standard InChI is InChI=1S/C58H61N7O9/c1-34(73-32-36-23-21-35(22-24-36)11-3-4-12-37-14-10-20-47-53(37)63(2)58(72)64(47)48-28-30-51(67)62-54(48)68)45(27-29-50(59)66)60-55(69)49-31-39-15-9-13-38-25-26-46(56(70)65(49)52(38)39)61-57(71)74-33-44-42-18-7-5-16-40(42)41-17-6-8-19-43(41)44/h5-10,13-24,34,44-46,48-49H,3-4,11-12,25-33H2,1-2H3,(H2,59,66)(H,60,69)(H,61,71)(H,62,67,68)/t34-,45+,46+,48?,49+/m1/s1. The van der Waals surface area contributed by atoms with Crippen LogP contribution in [-0.4, -0.2) is 75.6 Å². The van der Waals surface area contributed by atoms with Crippen molar-refractivity contribution < 1.29 is 38.2 Å². The minimum Gasteiger partial charge on any atom is -0.449 e. The highest BCUT2D eigenvalue weighted by atomic mass is 16.5. The second-order valence-corrected chi connectivity index (χ2v) is 20.0. The molecule has 16 nitrogen and oxygen atoms in total. The van der Waals surface area contributed by atoms with Gasteiger partial charge in [0.2, 0.25) is 29.5 Å². The summed E-state index contributed by atoms with van der Waals surface area (Å²) in [7, 11) is 1.72. The molecule has 74 heavy (non-hydrogen) atoms. The molecule has 4 heterocycles. The number of benzene rings is 5. The highest BCUT2D eigenvalue weighted by Crippen LogP contribution is 2.45. The van der Waals surface area contributed by atoms with Crippen molar-refractivity contribution in [3.8, 4) is 11.1 Å². The molecule has 1 saturated heterocycles. The van der Waals surface area contributed by atoms with Crippen LogP contribution in [0.25, 0.3) is 22.2 Å². The second kappa shape index (κ2) is 21.3. The molecule has 0 saturated carbocycles. The Hall–Kier alpha value is -7.85. The monoisotopic (exact) mass is 999 g/mol. The zero-order chi connectivity index (χ0) is 51.6. The molecule has 6 aromatic rings. The van der Waals surface area contributed by atoms with E-state index >= 15 is 0 Å². The number of hydrogen-bond acceptors (Lipinski definition) is 9. The molecular formula is C58H61N7O9. The minimum absolute atomic E-state index is 0.0134. The SMILES string of the molecule is C[C@@H](OCc1ccc(CCCCc2cccc3c2n(C)c(=O)n3C2CCC(=O)NC2=O)cc1)[C@H](CCC(N)=O)NC(=O)[C@@H]1Cc2cccc3c2N1C(=O)[C@@H](NC(=O)OCC1c2ccccc2-c2ccccc21)CC3. The molecule has 16 heteroatoms. The van der Waals surface area contributed by atoms with E-state index in [9.17, 15) is 33.6 Å². The number of ether oxygens (including phenoxy) is 2. The number of nitrogens with two attached hydrogens (primary N) is 1. The van der Waals surface area contributed by atoms with E-state index in [1.54, 1.807) is 11.6 Å². The molecule has 0 bridgehead atoms. The first-order valence-corrected chi connectivity index (χ1v) is 25.7. The normalized spacial score (nSPS) is 18.8. The summed E-state index contributed by atoms with van der Waals surface area (Å²) in [6, 6.07) is 32.7.